The predicted molar refractivity (Wildman–Crippen MR) is 114 cm³/mol. The molecule has 5 nitrogen and oxygen atoms in total. The molecule has 2 heterocycles. The lowest BCUT2D eigenvalue weighted by molar-refractivity contribution is -0.137. The van der Waals surface area contributed by atoms with Crippen molar-refractivity contribution in [1.29, 1.82) is 0 Å². The van der Waals surface area contributed by atoms with Crippen LogP contribution < -0.4 is 16.1 Å². The van der Waals surface area contributed by atoms with Gasteiger partial charge in [-0.05, 0) is 43.7 Å². The van der Waals surface area contributed by atoms with Crippen molar-refractivity contribution in [2.24, 2.45) is 5.92 Å². The van der Waals surface area contributed by atoms with Gasteiger partial charge in [0.2, 0.25) is 0 Å². The van der Waals surface area contributed by atoms with E-state index in [1.54, 1.807) is 0 Å². The highest BCUT2D eigenvalue weighted by molar-refractivity contribution is 7.22. The van der Waals surface area contributed by atoms with Gasteiger partial charge in [0.25, 0.3) is 0 Å². The number of aliphatic hydroxyl groups is 1. The summed E-state index contributed by atoms with van der Waals surface area (Å²) < 4.78 is 39.5. The first-order chi connectivity index (χ1) is 14.2. The third kappa shape index (κ3) is 4.58. The van der Waals surface area contributed by atoms with Crippen LogP contribution in [0.25, 0.3) is 10.1 Å². The Morgan fingerprint density at radius 1 is 1.07 bits per heavy atom. The highest BCUT2D eigenvalue weighted by atomic mass is 32.1. The molecule has 2 aromatic rings. The highest BCUT2D eigenvalue weighted by Gasteiger charge is 2.32. The Kier molecular flexibility index (Phi) is 5.96. The molecule has 0 spiro atoms. The van der Waals surface area contributed by atoms with E-state index in [0.717, 1.165) is 75.5 Å². The first kappa shape index (κ1) is 21.4. The van der Waals surface area contributed by atoms with Gasteiger partial charge in [0, 0.05) is 44.2 Å². The molecule has 30 heavy (non-hydrogen) atoms. The lowest BCUT2D eigenvalue weighted by Crippen LogP contribution is -2.48. The number of hydrogen-bond acceptors (Lipinski definition) is 6. The number of halogens is 3. The molecule has 164 valence electrons. The van der Waals surface area contributed by atoms with Crippen LogP contribution in [0.15, 0.2) is 23.0 Å². The van der Waals surface area contributed by atoms with Crippen molar-refractivity contribution < 1.29 is 18.3 Å². The fraction of sp³-hybridized carbons (Fsp3) is 0.571. The first-order valence-corrected chi connectivity index (χ1v) is 11.1. The van der Waals surface area contributed by atoms with Crippen molar-refractivity contribution >= 4 is 32.1 Å². The van der Waals surface area contributed by atoms with E-state index in [4.69, 9.17) is 5.73 Å². The summed E-state index contributed by atoms with van der Waals surface area (Å²) in [7, 11) is 0. The molecule has 2 aliphatic rings. The molecule has 0 amide bonds. The van der Waals surface area contributed by atoms with Crippen LogP contribution >= 0.6 is 11.3 Å². The van der Waals surface area contributed by atoms with Crippen LogP contribution in [0.2, 0.25) is 0 Å². The summed E-state index contributed by atoms with van der Waals surface area (Å²) in [4.78, 5) is 17.1. The monoisotopic (exact) mass is 441 g/mol. The molecule has 0 unspecified atom stereocenters. The van der Waals surface area contributed by atoms with Crippen LogP contribution in [0.4, 0.5) is 23.9 Å². The Hall–Kier alpha value is -1.84. The van der Waals surface area contributed by atoms with Gasteiger partial charge in [-0.2, -0.15) is 13.2 Å². The minimum atomic E-state index is -4.54. The zero-order chi connectivity index (χ0) is 21.5. The number of piperazine rings is 1. The van der Waals surface area contributed by atoms with Crippen LogP contribution in [0, 0.1) is 5.92 Å². The molecule has 0 atom stereocenters. The van der Waals surface area contributed by atoms with Crippen LogP contribution in [-0.4, -0.2) is 48.8 Å². The van der Waals surface area contributed by atoms with Gasteiger partial charge in [0.15, 0.2) is 5.43 Å². The Morgan fingerprint density at radius 2 is 1.73 bits per heavy atom. The number of nitrogens with zero attached hydrogens (tertiary/aromatic N) is 2. The van der Waals surface area contributed by atoms with Crippen molar-refractivity contribution in [2.75, 3.05) is 43.4 Å². The summed E-state index contributed by atoms with van der Waals surface area (Å²) >= 11 is 1.28. The highest BCUT2D eigenvalue weighted by Crippen LogP contribution is 2.37. The molecule has 1 aliphatic heterocycles. The van der Waals surface area contributed by atoms with Gasteiger partial charge in [-0.1, -0.05) is 0 Å². The largest absolute Gasteiger partial charge is 0.416 e. The molecular formula is C21H26F3N3O2S. The second-order valence-corrected chi connectivity index (χ2v) is 9.38. The molecule has 4 rings (SSSR count). The summed E-state index contributed by atoms with van der Waals surface area (Å²) in [6.07, 6.45) is -0.793. The minimum absolute atomic E-state index is 0.0121. The maximum Gasteiger partial charge on any atom is 0.416 e. The van der Waals surface area contributed by atoms with Gasteiger partial charge >= 0.3 is 6.18 Å². The standard InChI is InChI=1S/C21H26F3N3O2S/c22-21(23,24)14-9-16-18(29)11-19(30-20(16)17(25)10-14)27-7-5-26(6-8-27)12-13-1-3-15(28)4-2-13/h9-11,13,15,28H,1-8,12,25H2. The van der Waals surface area contributed by atoms with Crippen LogP contribution in [0.1, 0.15) is 31.2 Å². The fourth-order valence-electron chi connectivity index (χ4n) is 4.44. The number of fused-ring (bicyclic) bond motifs is 1. The van der Waals surface area contributed by atoms with Gasteiger partial charge < -0.3 is 15.7 Å². The summed E-state index contributed by atoms with van der Waals surface area (Å²) in [6.45, 7) is 4.30. The average molecular weight is 442 g/mol. The van der Waals surface area contributed by atoms with Crippen molar-refractivity contribution in [3.63, 3.8) is 0 Å². The molecule has 1 aliphatic carbocycles. The van der Waals surface area contributed by atoms with E-state index in [9.17, 15) is 23.1 Å². The average Bonchev–Trinajstić information content (AvgIpc) is 2.70. The topological polar surface area (TPSA) is 69.8 Å². The van der Waals surface area contributed by atoms with Crippen molar-refractivity contribution in [2.45, 2.75) is 38.0 Å². The van der Waals surface area contributed by atoms with Crippen LogP contribution in [-0.2, 0) is 6.18 Å². The number of nitrogen functional groups attached to an aromatic ring is 1. The second kappa shape index (κ2) is 8.36. The zero-order valence-corrected chi connectivity index (χ0v) is 17.4. The Morgan fingerprint density at radius 3 is 2.37 bits per heavy atom. The van der Waals surface area contributed by atoms with Crippen molar-refractivity contribution in [1.82, 2.24) is 4.90 Å². The molecule has 2 fully saturated rings. The Bertz CT molecular complexity index is 962. The molecule has 1 saturated carbocycles. The molecule has 1 aromatic carbocycles. The van der Waals surface area contributed by atoms with Gasteiger partial charge in [-0.3, -0.25) is 9.69 Å². The molecule has 0 radical (unpaired) electrons. The van der Waals surface area contributed by atoms with Crippen LogP contribution in [0.3, 0.4) is 0 Å². The summed E-state index contributed by atoms with van der Waals surface area (Å²) in [5.41, 5.74) is 4.55. The van der Waals surface area contributed by atoms with E-state index in [0.29, 0.717) is 10.6 Å². The summed E-state index contributed by atoms with van der Waals surface area (Å²) in [5, 5.41) is 10.4. The Labute approximate surface area is 176 Å². The SMILES string of the molecule is Nc1cc(C(F)(F)F)cc2c(=O)cc(N3CCN(CC4CCC(O)CC4)CC3)sc12. The van der Waals surface area contributed by atoms with Crippen molar-refractivity contribution in [3.05, 3.63) is 34.0 Å². The number of hydrogen-bond donors (Lipinski definition) is 2. The third-order valence-electron chi connectivity index (χ3n) is 6.19. The maximum absolute atomic E-state index is 13.0. The molecule has 9 heteroatoms. The van der Waals surface area contributed by atoms with Gasteiger partial charge in [0.1, 0.15) is 0 Å². The summed E-state index contributed by atoms with van der Waals surface area (Å²) in [5.74, 6) is 0.624. The van der Waals surface area contributed by atoms with E-state index >= 15 is 0 Å². The van der Waals surface area contributed by atoms with E-state index < -0.39 is 17.2 Å². The fourth-order valence-corrected chi connectivity index (χ4v) is 5.57. The number of rotatable bonds is 3. The lowest BCUT2D eigenvalue weighted by Gasteiger charge is -2.38. The normalized spacial score (nSPS) is 23.8. The number of benzene rings is 1. The number of anilines is 2. The summed E-state index contributed by atoms with van der Waals surface area (Å²) in [6, 6.07) is 3.24. The van der Waals surface area contributed by atoms with E-state index in [-0.39, 0.29) is 17.2 Å². The van der Waals surface area contributed by atoms with E-state index in [1.165, 1.54) is 17.4 Å². The lowest BCUT2D eigenvalue weighted by atomic mass is 9.87. The van der Waals surface area contributed by atoms with Gasteiger partial charge in [-0.25, -0.2) is 0 Å². The van der Waals surface area contributed by atoms with E-state index in [2.05, 4.69) is 9.80 Å². The maximum atomic E-state index is 13.0. The molecule has 1 saturated heterocycles. The zero-order valence-electron chi connectivity index (χ0n) is 16.6. The third-order valence-corrected chi connectivity index (χ3v) is 7.43. The van der Waals surface area contributed by atoms with E-state index in [1.807, 2.05) is 0 Å². The minimum Gasteiger partial charge on any atom is -0.398 e. The quantitative estimate of drug-likeness (QED) is 0.713. The number of nitrogens with two attached hydrogens (primary N) is 1. The first-order valence-electron chi connectivity index (χ1n) is 10.3. The number of aliphatic hydroxyl groups excluding tert-OH is 1. The Balaban J connectivity index is 1.47. The van der Waals surface area contributed by atoms with Crippen LogP contribution in [0.5, 0.6) is 0 Å². The van der Waals surface area contributed by atoms with Gasteiger partial charge in [0.05, 0.1) is 27.1 Å². The number of alkyl halides is 3. The smallest absolute Gasteiger partial charge is 0.398 e. The van der Waals surface area contributed by atoms with Crippen molar-refractivity contribution in [3.8, 4) is 0 Å². The molecule has 1 aromatic heterocycles. The van der Waals surface area contributed by atoms with Gasteiger partial charge in [-0.15, -0.1) is 11.3 Å². The predicted octanol–water partition coefficient (Wildman–Crippen LogP) is 3.54. The second-order valence-electron chi connectivity index (χ2n) is 8.35. The molecule has 0 bridgehead atoms. The molecular weight excluding hydrogens is 415 g/mol. The molecule has 3 N–H and O–H groups in total.